The lowest BCUT2D eigenvalue weighted by Gasteiger charge is -2.47. The molecule has 0 saturated carbocycles. The molecule has 93 heavy (non-hydrogen) atoms. The van der Waals surface area contributed by atoms with E-state index in [-0.39, 0.29) is 73.8 Å². The van der Waals surface area contributed by atoms with Gasteiger partial charge in [0.15, 0.2) is 0 Å². The predicted molar refractivity (Wildman–Crippen MR) is 344 cm³/mol. The first-order chi connectivity index (χ1) is 44.0. The summed E-state index contributed by atoms with van der Waals surface area (Å²) < 4.78 is 52.5. The van der Waals surface area contributed by atoms with Gasteiger partial charge in [0.05, 0.1) is 30.9 Å². The SMILES string of the molecule is C[C@@H]1COCCN1C[C@H]1CN(C(=O)OC(C)(C)C)[C@@H](C)CN1CC(=O)N1C[C@@](C)(C(=O)NCCNC(=O)c2ccc(F)c(NC(=O)[C@@H]3c4ccccc4CN3C(=O)[C@@H](NC(=O)[C@H](C)N(C)C(=O)OC(C)(C)C)C3CCOCC3)c2)c2ccc(Cc3ccc(F)cc3)cc21. The van der Waals surface area contributed by atoms with Crippen molar-refractivity contribution in [1.29, 1.82) is 0 Å². The van der Waals surface area contributed by atoms with Crippen molar-refractivity contribution in [2.24, 2.45) is 5.92 Å². The highest BCUT2D eigenvalue weighted by atomic mass is 19.1. The number of hydrogen-bond donors (Lipinski definition) is 4. The molecule has 22 nitrogen and oxygen atoms in total. The Kier molecular flexibility index (Phi) is 21.7. The normalized spacial score (nSPS) is 21.8. The van der Waals surface area contributed by atoms with Gasteiger partial charge in [-0.3, -0.25) is 43.5 Å². The first kappa shape index (κ1) is 69.3. The Morgan fingerprint density at radius 2 is 1.46 bits per heavy atom. The Hall–Kier alpha value is -8.06. The van der Waals surface area contributed by atoms with E-state index in [0.29, 0.717) is 94.2 Å². The Bertz CT molecular complexity index is 3430. The van der Waals surface area contributed by atoms with Crippen molar-refractivity contribution in [3.63, 3.8) is 0 Å². The van der Waals surface area contributed by atoms with E-state index in [4.69, 9.17) is 18.9 Å². The molecular formula is C69H90F2N10O12. The zero-order chi connectivity index (χ0) is 67.3. The van der Waals surface area contributed by atoms with Gasteiger partial charge in [0, 0.05) is 102 Å². The number of piperazine rings is 1. The molecule has 0 bridgehead atoms. The van der Waals surface area contributed by atoms with E-state index in [2.05, 4.69) is 38.0 Å². The number of ether oxygens (including phenoxy) is 4. The number of carbonyl (C=O) groups is 8. The highest BCUT2D eigenvalue weighted by molar-refractivity contribution is 6.04. The Labute approximate surface area is 543 Å². The molecule has 3 saturated heterocycles. The number of fused-ring (bicyclic) bond motifs is 2. The van der Waals surface area contributed by atoms with E-state index in [1.807, 2.05) is 45.9 Å². The van der Waals surface area contributed by atoms with Gasteiger partial charge < -0.3 is 54.9 Å². The van der Waals surface area contributed by atoms with Gasteiger partial charge in [0.2, 0.25) is 23.6 Å². The summed E-state index contributed by atoms with van der Waals surface area (Å²) in [6.07, 6.45) is 0.119. The van der Waals surface area contributed by atoms with Crippen molar-refractivity contribution in [3.8, 4) is 0 Å². The fourth-order valence-corrected chi connectivity index (χ4v) is 12.8. The van der Waals surface area contributed by atoms with Crippen molar-refractivity contribution in [3.05, 3.63) is 130 Å². The molecule has 4 aromatic rings. The molecule has 0 aliphatic carbocycles. The molecule has 24 heteroatoms. The van der Waals surface area contributed by atoms with E-state index >= 15 is 9.18 Å². The summed E-state index contributed by atoms with van der Waals surface area (Å²) in [7, 11) is 1.43. The fourth-order valence-electron chi connectivity index (χ4n) is 12.8. The number of likely N-dealkylation sites (N-methyl/N-ethyl adjacent to an activating group) is 1. The molecule has 4 aromatic carbocycles. The van der Waals surface area contributed by atoms with Crippen molar-refractivity contribution in [1.82, 2.24) is 40.4 Å². The average Bonchev–Trinajstić information content (AvgIpc) is 1.61. The standard InChI is InChI=1S/C69H90F2N10O12/c1-42-35-78(51(37-77-28-31-91-40-43(77)2)38-79(42)66(89)93-68(7,8)9)39-57(82)81-41-69(10,53-22-18-46(33-56(53)81)32-45-16-20-50(70)21-17-45)64(87)73-27-26-72-61(84)48-19-23-54(71)55(34-48)74-62(85)59-52-15-13-12-14-49(52)36-80(59)63(86)58(47-24-29-90-30-25-47)75-60(83)44(3)76(11)65(88)92-67(4,5)6/h12-23,33-34,42-44,47,51,58-59H,24-32,35-41H2,1-11H3,(H,72,84)(H,73,87)(H,74,85)(H,75,83)/t42-,43+,44-,51-,58-,59-,69+/m0/s1. The Balaban J connectivity index is 0.874. The van der Waals surface area contributed by atoms with Crippen molar-refractivity contribution in [2.75, 3.05) is 96.0 Å². The second-order valence-corrected chi connectivity index (χ2v) is 27.4. The number of anilines is 2. The maximum atomic E-state index is 15.8. The molecule has 0 aromatic heterocycles. The van der Waals surface area contributed by atoms with Crippen LogP contribution in [0.15, 0.2) is 84.9 Å². The van der Waals surface area contributed by atoms with Crippen LogP contribution in [-0.4, -0.2) is 199 Å². The van der Waals surface area contributed by atoms with E-state index < -0.39 is 88.2 Å². The number of nitrogens with zero attached hydrogens (tertiary/aromatic N) is 6. The van der Waals surface area contributed by atoms with Gasteiger partial charge in [-0.1, -0.05) is 48.5 Å². The van der Waals surface area contributed by atoms with Crippen LogP contribution in [0.25, 0.3) is 0 Å². The van der Waals surface area contributed by atoms with Crippen LogP contribution in [0.5, 0.6) is 0 Å². The van der Waals surface area contributed by atoms with Gasteiger partial charge in [-0.15, -0.1) is 0 Å². The smallest absolute Gasteiger partial charge is 0.410 e. The monoisotopic (exact) mass is 1290 g/mol. The molecule has 5 heterocycles. The van der Waals surface area contributed by atoms with Gasteiger partial charge in [0.25, 0.3) is 11.8 Å². The molecule has 3 fully saturated rings. The summed E-state index contributed by atoms with van der Waals surface area (Å²) in [6, 6.07) is 18.4. The summed E-state index contributed by atoms with van der Waals surface area (Å²) >= 11 is 0. The van der Waals surface area contributed by atoms with Crippen molar-refractivity contribution >= 4 is 59.0 Å². The lowest BCUT2D eigenvalue weighted by molar-refractivity contribution is -0.144. The number of carbonyl (C=O) groups excluding carboxylic acids is 8. The van der Waals surface area contributed by atoms with Crippen LogP contribution >= 0.6 is 0 Å². The number of hydrogen-bond acceptors (Lipinski definition) is 14. The largest absolute Gasteiger partial charge is 0.444 e. The minimum absolute atomic E-state index is 0.00757. The van der Waals surface area contributed by atoms with E-state index in [0.717, 1.165) is 22.1 Å². The Morgan fingerprint density at radius 3 is 2.16 bits per heavy atom. The molecule has 7 atom stereocenters. The van der Waals surface area contributed by atoms with Gasteiger partial charge in [-0.2, -0.15) is 0 Å². The number of morpholine rings is 1. The number of halogens is 2. The molecule has 4 N–H and O–H groups in total. The fraction of sp³-hybridized carbons (Fsp3) is 0.536. The van der Waals surface area contributed by atoms with E-state index in [1.54, 1.807) is 73.9 Å². The topological polar surface area (TPSA) is 241 Å². The molecule has 0 radical (unpaired) electrons. The van der Waals surface area contributed by atoms with E-state index in [1.165, 1.54) is 43.1 Å². The van der Waals surface area contributed by atoms with Crippen LogP contribution in [0.2, 0.25) is 0 Å². The second kappa shape index (κ2) is 29.1. The Morgan fingerprint density at radius 1 is 0.774 bits per heavy atom. The summed E-state index contributed by atoms with van der Waals surface area (Å²) in [5, 5.41) is 11.3. The van der Waals surface area contributed by atoms with Gasteiger partial charge in [0.1, 0.15) is 41.0 Å². The minimum Gasteiger partial charge on any atom is -0.444 e. The predicted octanol–water partition coefficient (Wildman–Crippen LogP) is 6.93. The molecular weight excluding hydrogens is 1200 g/mol. The summed E-state index contributed by atoms with van der Waals surface area (Å²) in [5.41, 5.74) is 0.838. The molecule has 5 aliphatic rings. The molecule has 5 aliphatic heterocycles. The van der Waals surface area contributed by atoms with Crippen molar-refractivity contribution in [2.45, 2.75) is 148 Å². The quantitative estimate of drug-likeness (QED) is 0.0740. The average molecular weight is 1290 g/mol. The molecule has 502 valence electrons. The third-order valence-electron chi connectivity index (χ3n) is 18.1. The summed E-state index contributed by atoms with van der Waals surface area (Å²) in [4.78, 5) is 124. The summed E-state index contributed by atoms with van der Waals surface area (Å²) in [5.74, 6) is -4.87. The number of rotatable bonds is 18. The molecule has 8 amide bonds. The first-order valence-corrected chi connectivity index (χ1v) is 32.1. The molecule has 9 rings (SSSR count). The van der Waals surface area contributed by atoms with Gasteiger partial charge >= 0.3 is 12.2 Å². The first-order valence-electron chi connectivity index (χ1n) is 32.1. The second-order valence-electron chi connectivity index (χ2n) is 27.4. The number of nitrogens with one attached hydrogen (secondary N) is 4. The zero-order valence-corrected chi connectivity index (χ0v) is 55.3. The van der Waals surface area contributed by atoms with Crippen LogP contribution < -0.4 is 26.2 Å². The highest BCUT2D eigenvalue weighted by Gasteiger charge is 2.49. The van der Waals surface area contributed by atoms with Gasteiger partial charge in [-0.05, 0) is 159 Å². The van der Waals surface area contributed by atoms with Crippen molar-refractivity contribution < 1.29 is 66.1 Å². The number of benzene rings is 4. The lowest BCUT2D eigenvalue weighted by atomic mass is 9.83. The van der Waals surface area contributed by atoms with Crippen LogP contribution in [0.4, 0.5) is 29.7 Å². The minimum atomic E-state index is -1.28. The lowest BCUT2D eigenvalue weighted by Crippen LogP contribution is -2.64. The number of amides is 8. The maximum Gasteiger partial charge on any atom is 0.410 e. The van der Waals surface area contributed by atoms with Crippen LogP contribution in [0.1, 0.15) is 126 Å². The molecule has 0 unspecified atom stereocenters. The molecule has 0 spiro atoms. The van der Waals surface area contributed by atoms with E-state index in [9.17, 15) is 38.0 Å². The third kappa shape index (κ3) is 16.7. The zero-order valence-electron chi connectivity index (χ0n) is 55.3. The van der Waals surface area contributed by atoms with Gasteiger partial charge in [-0.25, -0.2) is 18.4 Å². The highest BCUT2D eigenvalue weighted by Crippen LogP contribution is 2.43. The summed E-state index contributed by atoms with van der Waals surface area (Å²) in [6.45, 7) is 21.5. The van der Waals surface area contributed by atoms with Crippen LogP contribution in [-0.2, 0) is 61.3 Å². The third-order valence-corrected chi connectivity index (χ3v) is 18.1. The van der Waals surface area contributed by atoms with Crippen LogP contribution in [0.3, 0.4) is 0 Å². The maximum absolute atomic E-state index is 15.8. The van der Waals surface area contributed by atoms with Crippen LogP contribution in [0, 0.1) is 17.6 Å².